The molecule has 1 unspecified atom stereocenters. The van der Waals surface area contributed by atoms with Crippen molar-refractivity contribution in [1.82, 2.24) is 0 Å². The number of ether oxygens (including phenoxy) is 1. The molecule has 1 nitrogen and oxygen atoms in total. The van der Waals surface area contributed by atoms with Crippen LogP contribution >= 0.6 is 15.9 Å². The highest BCUT2D eigenvalue weighted by atomic mass is 79.9. The summed E-state index contributed by atoms with van der Waals surface area (Å²) in [5, 5.41) is 0. The van der Waals surface area contributed by atoms with E-state index in [1.54, 1.807) is 0 Å². The van der Waals surface area contributed by atoms with Gasteiger partial charge in [0.15, 0.2) is 0 Å². The second-order valence-corrected chi connectivity index (χ2v) is 6.64. The van der Waals surface area contributed by atoms with Gasteiger partial charge in [0.25, 0.3) is 0 Å². The van der Waals surface area contributed by atoms with Crippen molar-refractivity contribution < 1.29 is 4.74 Å². The average Bonchev–Trinajstić information content (AvgIpc) is 2.56. The molecule has 0 saturated heterocycles. The van der Waals surface area contributed by atoms with E-state index < -0.39 is 0 Å². The molecule has 2 fully saturated rings. The molecule has 0 N–H and O–H groups in total. The Morgan fingerprint density at radius 3 is 2.41 bits per heavy atom. The molecule has 2 bridgehead atoms. The topological polar surface area (TPSA) is 9.23 Å². The Kier molecular flexibility index (Phi) is 3.16. The van der Waals surface area contributed by atoms with Gasteiger partial charge in [0.05, 0.1) is 6.10 Å². The number of rotatable bonds is 2. The Hall–Kier alpha value is -0.500. The molecule has 0 spiro atoms. The Balaban J connectivity index is 1.70. The lowest BCUT2D eigenvalue weighted by atomic mass is 9.87. The normalized spacial score (nSPS) is 31.5. The third kappa shape index (κ3) is 2.67. The average molecular weight is 295 g/mol. The highest BCUT2D eigenvalue weighted by Crippen LogP contribution is 2.43. The fraction of sp³-hybridized carbons (Fsp3) is 0.600. The Bertz CT molecular complexity index is 383. The van der Waals surface area contributed by atoms with E-state index in [0.717, 1.165) is 22.1 Å². The van der Waals surface area contributed by atoms with Crippen LogP contribution in [0.5, 0.6) is 5.75 Å². The first-order valence-corrected chi connectivity index (χ1v) is 7.42. The molecular weight excluding hydrogens is 276 g/mol. The second kappa shape index (κ2) is 4.64. The monoisotopic (exact) mass is 294 g/mol. The van der Waals surface area contributed by atoms with Crippen LogP contribution in [0.2, 0.25) is 0 Å². The zero-order chi connectivity index (χ0) is 11.8. The van der Waals surface area contributed by atoms with Crippen LogP contribution in [0.25, 0.3) is 0 Å². The third-order valence-electron chi connectivity index (χ3n) is 4.16. The first-order chi connectivity index (χ1) is 8.19. The molecule has 0 aromatic heterocycles. The highest BCUT2D eigenvalue weighted by Gasteiger charge is 2.35. The Labute approximate surface area is 112 Å². The summed E-state index contributed by atoms with van der Waals surface area (Å²) in [5.41, 5.74) is 1.26. The Morgan fingerprint density at radius 1 is 1.06 bits per heavy atom. The molecule has 0 radical (unpaired) electrons. The maximum Gasteiger partial charge on any atom is 0.121 e. The van der Waals surface area contributed by atoms with Gasteiger partial charge in [-0.05, 0) is 61.8 Å². The van der Waals surface area contributed by atoms with Crippen molar-refractivity contribution in [1.29, 1.82) is 0 Å². The number of aryl methyl sites for hydroxylation is 1. The van der Waals surface area contributed by atoms with Crippen LogP contribution in [0.15, 0.2) is 22.7 Å². The van der Waals surface area contributed by atoms with Crippen molar-refractivity contribution in [2.24, 2.45) is 11.8 Å². The van der Waals surface area contributed by atoms with E-state index >= 15 is 0 Å². The number of fused-ring (bicyclic) bond motifs is 2. The maximum atomic E-state index is 6.17. The van der Waals surface area contributed by atoms with Crippen molar-refractivity contribution in [2.75, 3.05) is 0 Å². The lowest BCUT2D eigenvalue weighted by Gasteiger charge is -2.28. The predicted octanol–water partition coefficient (Wildman–Crippen LogP) is 4.72. The van der Waals surface area contributed by atoms with Gasteiger partial charge in [-0.15, -0.1) is 0 Å². The second-order valence-electron chi connectivity index (χ2n) is 5.72. The Morgan fingerprint density at radius 2 is 1.76 bits per heavy atom. The first kappa shape index (κ1) is 11.6. The largest absolute Gasteiger partial charge is 0.490 e. The molecule has 92 valence electrons. The maximum absolute atomic E-state index is 6.17. The van der Waals surface area contributed by atoms with Gasteiger partial charge in [-0.2, -0.15) is 0 Å². The zero-order valence-corrected chi connectivity index (χ0v) is 11.9. The van der Waals surface area contributed by atoms with E-state index in [2.05, 4.69) is 41.1 Å². The van der Waals surface area contributed by atoms with Crippen LogP contribution in [-0.4, -0.2) is 6.10 Å². The summed E-state index contributed by atoms with van der Waals surface area (Å²) < 4.78 is 7.28. The molecule has 2 aliphatic rings. The number of halogens is 1. The van der Waals surface area contributed by atoms with Gasteiger partial charge < -0.3 is 4.74 Å². The molecule has 2 saturated carbocycles. The fourth-order valence-corrected chi connectivity index (χ4v) is 4.09. The summed E-state index contributed by atoms with van der Waals surface area (Å²) in [7, 11) is 0. The van der Waals surface area contributed by atoms with E-state index in [0.29, 0.717) is 6.10 Å². The molecule has 0 heterocycles. The summed E-state index contributed by atoms with van der Waals surface area (Å²) in [5.74, 6) is 2.90. The van der Waals surface area contributed by atoms with Crippen LogP contribution in [0.1, 0.15) is 37.7 Å². The van der Waals surface area contributed by atoms with E-state index in [-0.39, 0.29) is 0 Å². The molecule has 3 rings (SSSR count). The lowest BCUT2D eigenvalue weighted by molar-refractivity contribution is 0.118. The summed E-state index contributed by atoms with van der Waals surface area (Å²) >= 11 is 3.53. The molecule has 17 heavy (non-hydrogen) atoms. The summed E-state index contributed by atoms with van der Waals surface area (Å²) in [6.45, 7) is 2.11. The molecule has 0 aliphatic heterocycles. The summed E-state index contributed by atoms with van der Waals surface area (Å²) in [4.78, 5) is 0. The van der Waals surface area contributed by atoms with Gasteiger partial charge in [-0.25, -0.2) is 0 Å². The summed E-state index contributed by atoms with van der Waals surface area (Å²) in [6.07, 6.45) is 7.31. The van der Waals surface area contributed by atoms with Crippen LogP contribution in [0.4, 0.5) is 0 Å². The molecule has 3 atom stereocenters. The van der Waals surface area contributed by atoms with E-state index in [9.17, 15) is 0 Å². The predicted molar refractivity (Wildman–Crippen MR) is 73.4 cm³/mol. The van der Waals surface area contributed by atoms with Crippen molar-refractivity contribution in [3.63, 3.8) is 0 Å². The van der Waals surface area contributed by atoms with Crippen LogP contribution in [0, 0.1) is 18.8 Å². The number of hydrogen-bond acceptors (Lipinski definition) is 1. The van der Waals surface area contributed by atoms with E-state index in [4.69, 9.17) is 4.74 Å². The van der Waals surface area contributed by atoms with Gasteiger partial charge in [0.1, 0.15) is 5.75 Å². The minimum Gasteiger partial charge on any atom is -0.490 e. The molecule has 1 aromatic rings. The highest BCUT2D eigenvalue weighted by molar-refractivity contribution is 9.10. The van der Waals surface area contributed by atoms with E-state index in [1.165, 1.54) is 37.7 Å². The molecule has 1 aromatic carbocycles. The van der Waals surface area contributed by atoms with Crippen LogP contribution in [-0.2, 0) is 0 Å². The van der Waals surface area contributed by atoms with E-state index in [1.807, 2.05) is 0 Å². The van der Waals surface area contributed by atoms with Gasteiger partial charge in [-0.1, -0.05) is 28.8 Å². The number of hydrogen-bond donors (Lipinski definition) is 0. The van der Waals surface area contributed by atoms with Gasteiger partial charge in [0.2, 0.25) is 0 Å². The van der Waals surface area contributed by atoms with Gasteiger partial charge >= 0.3 is 0 Å². The lowest BCUT2D eigenvalue weighted by Crippen LogP contribution is -2.26. The molecule has 2 heteroatoms. The SMILES string of the molecule is Cc1cc(Br)cc(OC2C[C@H]3CC[C@@H](C2)C3)c1. The molecular formula is C15H19BrO. The number of benzene rings is 1. The fourth-order valence-electron chi connectivity index (χ4n) is 3.51. The summed E-state index contributed by atoms with van der Waals surface area (Å²) in [6, 6.07) is 6.35. The molecule has 2 aliphatic carbocycles. The van der Waals surface area contributed by atoms with Crippen LogP contribution < -0.4 is 4.74 Å². The third-order valence-corrected chi connectivity index (χ3v) is 4.62. The molecule has 0 amide bonds. The minimum absolute atomic E-state index is 0.454. The quantitative estimate of drug-likeness (QED) is 0.767. The minimum atomic E-state index is 0.454. The smallest absolute Gasteiger partial charge is 0.121 e. The first-order valence-electron chi connectivity index (χ1n) is 6.63. The van der Waals surface area contributed by atoms with Crippen molar-refractivity contribution in [3.8, 4) is 5.75 Å². The van der Waals surface area contributed by atoms with Crippen molar-refractivity contribution in [3.05, 3.63) is 28.2 Å². The zero-order valence-electron chi connectivity index (χ0n) is 10.3. The van der Waals surface area contributed by atoms with Crippen molar-refractivity contribution in [2.45, 2.75) is 45.1 Å². The van der Waals surface area contributed by atoms with Gasteiger partial charge in [0, 0.05) is 4.47 Å². The van der Waals surface area contributed by atoms with Crippen LogP contribution in [0.3, 0.4) is 0 Å². The van der Waals surface area contributed by atoms with Crippen molar-refractivity contribution >= 4 is 15.9 Å². The standard InChI is InChI=1S/C15H19BrO/c1-10-4-13(16)9-14(5-10)17-15-7-11-2-3-12(6-11)8-15/h4-5,9,11-12,15H,2-3,6-8H2,1H3/t11-,12+,15?. The van der Waals surface area contributed by atoms with Gasteiger partial charge in [-0.3, -0.25) is 0 Å².